The number of halogens is 2. The van der Waals surface area contributed by atoms with Crippen LogP contribution in [0.15, 0.2) is 29.6 Å². The first-order valence-corrected chi connectivity index (χ1v) is 5.54. The monoisotopic (exact) mass is 255 g/mol. The molecule has 0 spiro atoms. The summed E-state index contributed by atoms with van der Waals surface area (Å²) in [5.41, 5.74) is -0.788. The molecule has 1 N–H and O–H groups in total. The maximum absolute atomic E-state index is 12.7. The van der Waals surface area contributed by atoms with E-state index in [-0.39, 0.29) is 0 Å². The second-order valence-electron chi connectivity index (χ2n) is 3.21. The number of hydrogen-bond donors (Lipinski definition) is 1. The number of hydrogen-bond acceptors (Lipinski definition) is 3. The molecule has 2 rings (SSSR count). The van der Waals surface area contributed by atoms with Gasteiger partial charge in [0.15, 0.2) is 0 Å². The van der Waals surface area contributed by atoms with Gasteiger partial charge in [-0.1, -0.05) is 6.07 Å². The quantitative estimate of drug-likeness (QED) is 0.913. The van der Waals surface area contributed by atoms with E-state index in [4.69, 9.17) is 5.11 Å². The van der Waals surface area contributed by atoms with Gasteiger partial charge in [-0.25, -0.2) is 18.6 Å². The maximum atomic E-state index is 12.7. The molecule has 2 heterocycles. The summed E-state index contributed by atoms with van der Waals surface area (Å²) >= 11 is 1.36. The number of carboxylic acids is 1. The lowest BCUT2D eigenvalue weighted by Gasteiger charge is -2.06. The molecule has 0 saturated heterocycles. The SMILES string of the molecule is O=C(O)c1ccc(-c2cccs2)nc1C(F)F. The Labute approximate surface area is 99.4 Å². The van der Waals surface area contributed by atoms with E-state index in [1.165, 1.54) is 17.4 Å². The van der Waals surface area contributed by atoms with Crippen LogP contribution in [0.25, 0.3) is 10.6 Å². The van der Waals surface area contributed by atoms with E-state index < -0.39 is 23.7 Å². The van der Waals surface area contributed by atoms with Crippen molar-refractivity contribution in [1.82, 2.24) is 4.98 Å². The third kappa shape index (κ3) is 2.31. The van der Waals surface area contributed by atoms with Gasteiger partial charge in [-0.05, 0) is 23.6 Å². The van der Waals surface area contributed by atoms with Gasteiger partial charge in [0.2, 0.25) is 0 Å². The molecule has 0 radical (unpaired) electrons. The second kappa shape index (κ2) is 4.58. The topological polar surface area (TPSA) is 50.2 Å². The molecule has 6 heteroatoms. The molecule has 0 saturated carbocycles. The van der Waals surface area contributed by atoms with Crippen molar-refractivity contribution in [2.75, 3.05) is 0 Å². The molecule has 88 valence electrons. The first-order chi connectivity index (χ1) is 8.09. The summed E-state index contributed by atoms with van der Waals surface area (Å²) in [5.74, 6) is -1.40. The minimum absolute atomic E-state index is 0.361. The summed E-state index contributed by atoms with van der Waals surface area (Å²) in [5, 5.41) is 10.6. The fourth-order valence-corrected chi connectivity index (χ4v) is 2.08. The Kier molecular flexibility index (Phi) is 3.14. The molecule has 0 atom stereocenters. The lowest BCUT2D eigenvalue weighted by molar-refractivity contribution is 0.0682. The molecule has 2 aromatic rings. The Morgan fingerprint density at radius 1 is 1.35 bits per heavy atom. The Morgan fingerprint density at radius 2 is 2.12 bits per heavy atom. The van der Waals surface area contributed by atoms with Crippen molar-refractivity contribution in [1.29, 1.82) is 0 Å². The molecular formula is C11H7F2NO2S. The van der Waals surface area contributed by atoms with Crippen molar-refractivity contribution in [3.8, 4) is 10.6 Å². The van der Waals surface area contributed by atoms with Gasteiger partial charge in [0.05, 0.1) is 16.1 Å². The highest BCUT2D eigenvalue weighted by Gasteiger charge is 2.20. The number of aromatic nitrogens is 1. The number of aromatic carboxylic acids is 1. The highest BCUT2D eigenvalue weighted by Crippen LogP contribution is 2.27. The average molecular weight is 255 g/mol. The summed E-state index contributed by atoms with van der Waals surface area (Å²) in [6.45, 7) is 0. The normalized spacial score (nSPS) is 10.8. The first kappa shape index (κ1) is 11.7. The predicted octanol–water partition coefficient (Wildman–Crippen LogP) is 3.45. The van der Waals surface area contributed by atoms with E-state index >= 15 is 0 Å². The van der Waals surface area contributed by atoms with Crippen LogP contribution in [-0.2, 0) is 0 Å². The van der Waals surface area contributed by atoms with Crippen LogP contribution in [0.1, 0.15) is 22.5 Å². The maximum Gasteiger partial charge on any atom is 0.337 e. The molecule has 0 aliphatic rings. The van der Waals surface area contributed by atoms with Gasteiger partial charge in [0.25, 0.3) is 6.43 Å². The zero-order valence-corrected chi connectivity index (χ0v) is 9.25. The van der Waals surface area contributed by atoms with E-state index in [0.717, 1.165) is 10.9 Å². The minimum Gasteiger partial charge on any atom is -0.478 e. The van der Waals surface area contributed by atoms with E-state index in [0.29, 0.717) is 5.69 Å². The van der Waals surface area contributed by atoms with Crippen molar-refractivity contribution in [3.05, 3.63) is 40.9 Å². The largest absolute Gasteiger partial charge is 0.478 e. The van der Waals surface area contributed by atoms with Crippen LogP contribution in [-0.4, -0.2) is 16.1 Å². The molecule has 0 aromatic carbocycles. The summed E-state index contributed by atoms with van der Waals surface area (Å²) in [7, 11) is 0. The zero-order valence-electron chi connectivity index (χ0n) is 8.43. The highest BCUT2D eigenvalue weighted by atomic mass is 32.1. The number of nitrogens with zero attached hydrogens (tertiary/aromatic N) is 1. The van der Waals surface area contributed by atoms with Crippen molar-refractivity contribution in [2.24, 2.45) is 0 Å². The molecule has 0 bridgehead atoms. The van der Waals surface area contributed by atoms with E-state index in [1.807, 2.05) is 0 Å². The molecule has 0 aliphatic carbocycles. The number of thiophene rings is 1. The number of pyridine rings is 1. The van der Waals surface area contributed by atoms with Crippen LogP contribution in [0.5, 0.6) is 0 Å². The standard InChI is InChI=1S/C11H7F2NO2S/c12-10(13)9-6(11(15)16)3-4-7(14-9)8-2-1-5-17-8/h1-5,10H,(H,15,16). The van der Waals surface area contributed by atoms with Gasteiger partial charge in [-0.3, -0.25) is 0 Å². The van der Waals surface area contributed by atoms with Gasteiger partial charge >= 0.3 is 5.97 Å². The third-order valence-electron chi connectivity index (χ3n) is 2.14. The van der Waals surface area contributed by atoms with Gasteiger partial charge in [0, 0.05) is 0 Å². The van der Waals surface area contributed by atoms with Crippen molar-refractivity contribution >= 4 is 17.3 Å². The molecule has 0 amide bonds. The Morgan fingerprint density at radius 3 is 2.65 bits per heavy atom. The van der Waals surface area contributed by atoms with Crippen molar-refractivity contribution in [2.45, 2.75) is 6.43 Å². The van der Waals surface area contributed by atoms with E-state index in [1.54, 1.807) is 17.5 Å². The number of rotatable bonds is 3. The van der Waals surface area contributed by atoms with Crippen LogP contribution in [0.3, 0.4) is 0 Å². The average Bonchev–Trinajstić information content (AvgIpc) is 2.81. The van der Waals surface area contributed by atoms with Crippen LogP contribution < -0.4 is 0 Å². The Hall–Kier alpha value is -1.82. The lowest BCUT2D eigenvalue weighted by Crippen LogP contribution is -2.05. The predicted molar refractivity (Wildman–Crippen MR) is 59.5 cm³/mol. The lowest BCUT2D eigenvalue weighted by atomic mass is 10.1. The minimum atomic E-state index is -2.90. The zero-order chi connectivity index (χ0) is 12.4. The van der Waals surface area contributed by atoms with E-state index in [9.17, 15) is 13.6 Å². The Balaban J connectivity index is 2.53. The summed E-state index contributed by atoms with van der Waals surface area (Å²) in [6.07, 6.45) is -2.90. The molecule has 2 aromatic heterocycles. The highest BCUT2D eigenvalue weighted by molar-refractivity contribution is 7.13. The molecule has 0 aliphatic heterocycles. The second-order valence-corrected chi connectivity index (χ2v) is 4.16. The van der Waals surface area contributed by atoms with Crippen LogP contribution >= 0.6 is 11.3 Å². The molecular weight excluding hydrogens is 248 g/mol. The number of alkyl halides is 2. The van der Waals surface area contributed by atoms with Crippen LogP contribution in [0.2, 0.25) is 0 Å². The number of carboxylic acid groups (broad SMARTS) is 1. The van der Waals surface area contributed by atoms with Gasteiger partial charge in [0.1, 0.15) is 5.69 Å². The van der Waals surface area contributed by atoms with Crippen LogP contribution in [0.4, 0.5) is 8.78 Å². The van der Waals surface area contributed by atoms with Gasteiger partial charge in [-0.2, -0.15) is 0 Å². The van der Waals surface area contributed by atoms with Crippen molar-refractivity contribution < 1.29 is 18.7 Å². The molecule has 0 fully saturated rings. The number of carbonyl (C=O) groups is 1. The van der Waals surface area contributed by atoms with E-state index in [2.05, 4.69) is 4.98 Å². The summed E-state index contributed by atoms with van der Waals surface area (Å²) in [4.78, 5) is 15.2. The first-order valence-electron chi connectivity index (χ1n) is 4.66. The fourth-order valence-electron chi connectivity index (χ4n) is 1.38. The smallest absolute Gasteiger partial charge is 0.337 e. The van der Waals surface area contributed by atoms with Crippen molar-refractivity contribution in [3.63, 3.8) is 0 Å². The summed E-state index contributed by atoms with van der Waals surface area (Å²) < 4.78 is 25.4. The van der Waals surface area contributed by atoms with Crippen LogP contribution in [0, 0.1) is 0 Å². The van der Waals surface area contributed by atoms with Gasteiger partial charge < -0.3 is 5.11 Å². The molecule has 3 nitrogen and oxygen atoms in total. The van der Waals surface area contributed by atoms with Gasteiger partial charge in [-0.15, -0.1) is 11.3 Å². The Bertz CT molecular complexity index is 540. The summed E-state index contributed by atoms with van der Waals surface area (Å²) in [6, 6.07) is 6.10. The fraction of sp³-hybridized carbons (Fsp3) is 0.0909. The molecule has 17 heavy (non-hydrogen) atoms. The third-order valence-corrected chi connectivity index (χ3v) is 3.03. The molecule has 0 unspecified atom stereocenters.